The summed E-state index contributed by atoms with van der Waals surface area (Å²) in [7, 11) is 1.86. The molecular weight excluding hydrogens is 302 g/mol. The number of carboxylic acid groups (broad SMARTS) is 1. The van der Waals surface area contributed by atoms with Crippen molar-refractivity contribution in [1.29, 1.82) is 0 Å². The molecule has 6 nitrogen and oxygen atoms in total. The highest BCUT2D eigenvalue weighted by Crippen LogP contribution is 2.23. The summed E-state index contributed by atoms with van der Waals surface area (Å²) in [6, 6.07) is 3.27. The minimum absolute atomic E-state index is 0.0931. The molecule has 0 aliphatic rings. The van der Waals surface area contributed by atoms with Crippen LogP contribution in [0.5, 0.6) is 0 Å². The number of carbonyl (C=O) groups excluding carboxylic acids is 1. The van der Waals surface area contributed by atoms with Gasteiger partial charge in [-0.25, -0.2) is 4.79 Å². The molecule has 1 atom stereocenters. The fourth-order valence-electron chi connectivity index (χ4n) is 2.46. The van der Waals surface area contributed by atoms with E-state index in [0.717, 1.165) is 21.8 Å². The summed E-state index contributed by atoms with van der Waals surface area (Å²) in [6.45, 7) is 6.02. The van der Waals surface area contributed by atoms with Gasteiger partial charge in [-0.2, -0.15) is 5.10 Å². The first-order valence-corrected chi connectivity index (χ1v) is 7.72. The average molecular weight is 321 g/mol. The second-order valence-corrected chi connectivity index (χ2v) is 6.39. The van der Waals surface area contributed by atoms with Crippen LogP contribution < -0.4 is 5.32 Å². The van der Waals surface area contributed by atoms with Gasteiger partial charge in [-0.3, -0.25) is 9.48 Å². The van der Waals surface area contributed by atoms with Crippen molar-refractivity contribution in [1.82, 2.24) is 15.1 Å². The lowest BCUT2D eigenvalue weighted by Crippen LogP contribution is -2.27. The number of carbonyl (C=O) groups is 2. The molecule has 22 heavy (non-hydrogen) atoms. The maximum absolute atomic E-state index is 12.3. The lowest BCUT2D eigenvalue weighted by Gasteiger charge is -2.12. The maximum Gasteiger partial charge on any atom is 0.345 e. The zero-order chi connectivity index (χ0) is 16.4. The first kappa shape index (κ1) is 16.2. The third-order valence-corrected chi connectivity index (χ3v) is 4.77. The van der Waals surface area contributed by atoms with E-state index < -0.39 is 5.97 Å². The number of aromatic carboxylic acids is 1. The molecule has 1 amide bonds. The summed E-state index contributed by atoms with van der Waals surface area (Å²) in [5, 5.41) is 16.1. The molecule has 0 fully saturated rings. The zero-order valence-electron chi connectivity index (χ0n) is 13.0. The molecule has 0 aliphatic heterocycles. The Hall–Kier alpha value is -2.15. The first-order chi connectivity index (χ1) is 10.3. The molecule has 0 radical (unpaired) electrons. The van der Waals surface area contributed by atoms with Gasteiger partial charge in [0.2, 0.25) is 5.91 Å². The summed E-state index contributed by atoms with van der Waals surface area (Å²) in [5.74, 6) is -1.34. The molecule has 2 aromatic rings. The molecule has 1 unspecified atom stereocenters. The Labute approximate surface area is 132 Å². The normalized spacial score (nSPS) is 12.2. The SMILES string of the molecule is Cc1nn(C)c(C)c1C(C)C(=O)NCc1ccc(C(=O)O)s1. The van der Waals surface area contributed by atoms with Gasteiger partial charge < -0.3 is 10.4 Å². The van der Waals surface area contributed by atoms with Gasteiger partial charge in [0.15, 0.2) is 0 Å². The second kappa shape index (κ2) is 6.31. The largest absolute Gasteiger partial charge is 0.477 e. The molecule has 0 saturated heterocycles. The number of carboxylic acids is 1. The lowest BCUT2D eigenvalue weighted by molar-refractivity contribution is -0.122. The minimum Gasteiger partial charge on any atom is -0.477 e. The molecule has 2 heterocycles. The van der Waals surface area contributed by atoms with Gasteiger partial charge in [0, 0.05) is 23.2 Å². The summed E-state index contributed by atoms with van der Waals surface area (Å²) in [4.78, 5) is 24.2. The van der Waals surface area contributed by atoms with Crippen molar-refractivity contribution < 1.29 is 14.7 Å². The van der Waals surface area contributed by atoms with Crippen LogP contribution in [0.1, 0.15) is 44.3 Å². The Morgan fingerprint density at radius 1 is 1.41 bits per heavy atom. The van der Waals surface area contributed by atoms with E-state index in [0.29, 0.717) is 6.54 Å². The zero-order valence-corrected chi connectivity index (χ0v) is 13.8. The number of thiophene rings is 1. The van der Waals surface area contributed by atoms with Crippen molar-refractivity contribution in [3.8, 4) is 0 Å². The molecule has 2 N–H and O–H groups in total. The van der Waals surface area contributed by atoms with Gasteiger partial charge >= 0.3 is 5.97 Å². The van der Waals surface area contributed by atoms with Crippen molar-refractivity contribution in [2.45, 2.75) is 33.2 Å². The smallest absolute Gasteiger partial charge is 0.345 e. The third kappa shape index (κ3) is 3.19. The van der Waals surface area contributed by atoms with Crippen molar-refractivity contribution in [2.24, 2.45) is 7.05 Å². The van der Waals surface area contributed by atoms with Gasteiger partial charge in [-0.05, 0) is 32.9 Å². The third-order valence-electron chi connectivity index (χ3n) is 3.70. The van der Waals surface area contributed by atoms with E-state index in [4.69, 9.17) is 5.11 Å². The van der Waals surface area contributed by atoms with Crippen molar-refractivity contribution in [2.75, 3.05) is 0 Å². The fourth-order valence-corrected chi connectivity index (χ4v) is 3.25. The van der Waals surface area contributed by atoms with Crippen molar-refractivity contribution >= 4 is 23.2 Å². The van der Waals surface area contributed by atoms with E-state index in [-0.39, 0.29) is 16.7 Å². The monoisotopic (exact) mass is 321 g/mol. The highest BCUT2D eigenvalue weighted by Gasteiger charge is 2.22. The van der Waals surface area contributed by atoms with Crippen LogP contribution in [-0.2, 0) is 18.4 Å². The number of nitrogens with one attached hydrogen (secondary N) is 1. The molecule has 0 bridgehead atoms. The average Bonchev–Trinajstić information content (AvgIpc) is 3.02. The number of rotatable bonds is 5. The van der Waals surface area contributed by atoms with E-state index in [1.54, 1.807) is 16.8 Å². The van der Waals surface area contributed by atoms with Crippen LogP contribution in [0.2, 0.25) is 0 Å². The summed E-state index contributed by atoms with van der Waals surface area (Å²) < 4.78 is 1.77. The molecule has 2 aromatic heterocycles. The summed E-state index contributed by atoms with van der Waals surface area (Å²) in [5.41, 5.74) is 2.77. The fraction of sp³-hybridized carbons (Fsp3) is 0.400. The highest BCUT2D eigenvalue weighted by molar-refractivity contribution is 7.13. The van der Waals surface area contributed by atoms with Gasteiger partial charge in [-0.15, -0.1) is 11.3 Å². The van der Waals surface area contributed by atoms with Gasteiger partial charge in [0.25, 0.3) is 0 Å². The van der Waals surface area contributed by atoms with E-state index in [1.807, 2.05) is 27.8 Å². The van der Waals surface area contributed by atoms with Gasteiger partial charge in [0.1, 0.15) is 4.88 Å². The summed E-state index contributed by atoms with van der Waals surface area (Å²) >= 11 is 1.17. The second-order valence-electron chi connectivity index (χ2n) is 5.22. The Morgan fingerprint density at radius 2 is 2.09 bits per heavy atom. The predicted octanol–water partition coefficient (Wildman–Crippen LogP) is 2.22. The van der Waals surface area contributed by atoms with Crippen LogP contribution in [0.15, 0.2) is 12.1 Å². The number of nitrogens with zero attached hydrogens (tertiary/aromatic N) is 2. The molecule has 0 aromatic carbocycles. The summed E-state index contributed by atoms with van der Waals surface area (Å²) in [6.07, 6.45) is 0. The molecule has 0 aliphatic carbocycles. The molecule has 2 rings (SSSR count). The topological polar surface area (TPSA) is 84.2 Å². The maximum atomic E-state index is 12.3. The van der Waals surface area contributed by atoms with E-state index in [1.165, 1.54) is 11.3 Å². The van der Waals surface area contributed by atoms with Crippen LogP contribution in [0.4, 0.5) is 0 Å². The Morgan fingerprint density at radius 3 is 2.59 bits per heavy atom. The van der Waals surface area contributed by atoms with Crippen LogP contribution in [0, 0.1) is 13.8 Å². The van der Waals surface area contributed by atoms with Crippen LogP contribution in [0.3, 0.4) is 0 Å². The van der Waals surface area contributed by atoms with Crippen molar-refractivity contribution in [3.05, 3.63) is 38.8 Å². The van der Waals surface area contributed by atoms with Crippen molar-refractivity contribution in [3.63, 3.8) is 0 Å². The number of aromatic nitrogens is 2. The Bertz CT molecular complexity index is 718. The van der Waals surface area contributed by atoms with E-state index in [9.17, 15) is 9.59 Å². The minimum atomic E-state index is -0.947. The number of amides is 1. The molecular formula is C15H19N3O3S. The van der Waals surface area contributed by atoms with E-state index >= 15 is 0 Å². The molecule has 118 valence electrons. The number of aryl methyl sites for hydroxylation is 2. The lowest BCUT2D eigenvalue weighted by atomic mass is 9.98. The van der Waals surface area contributed by atoms with E-state index in [2.05, 4.69) is 10.4 Å². The Balaban J connectivity index is 2.03. The number of hydrogen-bond acceptors (Lipinski definition) is 4. The number of hydrogen-bond donors (Lipinski definition) is 2. The van der Waals surface area contributed by atoms with Crippen LogP contribution in [0.25, 0.3) is 0 Å². The predicted molar refractivity (Wildman–Crippen MR) is 84.2 cm³/mol. The van der Waals surface area contributed by atoms with Crippen LogP contribution in [-0.4, -0.2) is 26.8 Å². The first-order valence-electron chi connectivity index (χ1n) is 6.91. The standard InChI is InChI=1S/C15H19N3O3S/c1-8(13-9(2)17-18(4)10(13)3)14(19)16-7-11-5-6-12(22-11)15(20)21/h5-6,8H,7H2,1-4H3,(H,16,19)(H,20,21). The molecule has 7 heteroatoms. The quantitative estimate of drug-likeness (QED) is 0.884. The van der Waals surface area contributed by atoms with Gasteiger partial charge in [0.05, 0.1) is 18.2 Å². The van der Waals surface area contributed by atoms with Gasteiger partial charge in [-0.1, -0.05) is 0 Å². The molecule has 0 spiro atoms. The highest BCUT2D eigenvalue weighted by atomic mass is 32.1. The molecule has 0 saturated carbocycles. The van der Waals surface area contributed by atoms with Crippen LogP contribution >= 0.6 is 11.3 Å². The Kier molecular flexibility index (Phi) is 4.65.